The minimum absolute atomic E-state index is 0.0630. The fourth-order valence-corrected chi connectivity index (χ4v) is 4.76. The first-order chi connectivity index (χ1) is 16.1. The van der Waals surface area contributed by atoms with Gasteiger partial charge in [0, 0.05) is 32.7 Å². The number of hydrogen-bond donors (Lipinski definition) is 3. The number of aryl methyl sites for hydroxylation is 1. The predicted molar refractivity (Wildman–Crippen MR) is 130 cm³/mol. The van der Waals surface area contributed by atoms with Crippen LogP contribution in [0.25, 0.3) is 0 Å². The first kappa shape index (κ1) is 23.4. The van der Waals surface area contributed by atoms with Gasteiger partial charge in [-0.05, 0) is 48.4 Å². The van der Waals surface area contributed by atoms with E-state index in [0.29, 0.717) is 0 Å². The van der Waals surface area contributed by atoms with Gasteiger partial charge >= 0.3 is 0 Å². The van der Waals surface area contributed by atoms with Gasteiger partial charge in [-0.25, -0.2) is 4.98 Å². The Morgan fingerprint density at radius 3 is 2.44 bits per heavy atom. The summed E-state index contributed by atoms with van der Waals surface area (Å²) >= 11 is 0. The van der Waals surface area contributed by atoms with Crippen molar-refractivity contribution in [3.63, 3.8) is 0 Å². The number of hydrogen-bond acceptors (Lipinski definition) is 8. The van der Waals surface area contributed by atoms with E-state index in [1.807, 2.05) is 13.0 Å². The van der Waals surface area contributed by atoms with Crippen molar-refractivity contribution in [2.45, 2.75) is 45.6 Å². The highest BCUT2D eigenvalue weighted by atomic mass is 16.3. The number of carbonyl (C=O) groups excluding carboxylic acids is 1. The topological polar surface area (TPSA) is 125 Å². The van der Waals surface area contributed by atoms with Gasteiger partial charge in [-0.1, -0.05) is 19.8 Å². The molecule has 0 spiro atoms. The first-order valence-corrected chi connectivity index (χ1v) is 11.3. The van der Waals surface area contributed by atoms with E-state index in [1.54, 1.807) is 26.5 Å². The zero-order valence-electron chi connectivity index (χ0n) is 19.8. The Kier molecular flexibility index (Phi) is 6.12. The van der Waals surface area contributed by atoms with Crippen LogP contribution in [0.1, 0.15) is 60.3 Å². The maximum absolute atomic E-state index is 12.6. The minimum Gasteiger partial charge on any atom is -0.504 e. The standard InChI is InChI=1S/C25H29N5O4/c1-14-13-26-11-7-15(14)23(25(2)9-5-6-10-25)29-18-17(21(32)22(18)33)28-16-8-12-27-19(20(16)31)24(34)30(3)4/h7-8,11-13,23,29,31H,5-6,9-10H2,1-4H3,(H,27,28)/t23-/m0/s1. The van der Waals surface area contributed by atoms with Gasteiger partial charge in [0.15, 0.2) is 11.4 Å². The fraction of sp³-hybridized carbons (Fsp3) is 0.400. The molecule has 3 aromatic rings. The average Bonchev–Trinajstić information content (AvgIpc) is 3.26. The Hall–Kier alpha value is -3.75. The molecular weight excluding hydrogens is 434 g/mol. The van der Waals surface area contributed by atoms with Crippen LogP contribution in [0.4, 0.5) is 17.1 Å². The van der Waals surface area contributed by atoms with Crippen molar-refractivity contribution in [3.8, 4) is 5.75 Å². The molecule has 0 bridgehead atoms. The number of amides is 1. The molecule has 9 nitrogen and oxygen atoms in total. The molecule has 9 heteroatoms. The molecule has 1 amide bonds. The third kappa shape index (κ3) is 4.02. The third-order valence-electron chi connectivity index (χ3n) is 6.81. The molecule has 34 heavy (non-hydrogen) atoms. The van der Waals surface area contributed by atoms with Gasteiger partial charge in [-0.2, -0.15) is 0 Å². The number of nitrogens with zero attached hydrogens (tertiary/aromatic N) is 3. The van der Waals surface area contributed by atoms with Gasteiger partial charge in [-0.15, -0.1) is 0 Å². The summed E-state index contributed by atoms with van der Waals surface area (Å²) in [6.07, 6.45) is 9.07. The molecule has 0 aliphatic heterocycles. The molecule has 0 unspecified atom stereocenters. The second kappa shape index (κ2) is 8.89. The number of pyridine rings is 2. The second-order valence-corrected chi connectivity index (χ2v) is 9.46. The summed E-state index contributed by atoms with van der Waals surface area (Å²) in [5.74, 6) is -0.864. The van der Waals surface area contributed by atoms with Crippen molar-refractivity contribution in [3.05, 3.63) is 68.0 Å². The van der Waals surface area contributed by atoms with Crippen molar-refractivity contribution in [2.24, 2.45) is 5.41 Å². The van der Waals surface area contributed by atoms with E-state index >= 15 is 0 Å². The SMILES string of the molecule is Cc1cnccc1[C@H](Nc1c(Nc2ccnc(C(=O)N(C)C)c2O)c(=O)c1=O)C1(C)CCCC1. The van der Waals surface area contributed by atoms with Crippen LogP contribution in [0.15, 0.2) is 40.3 Å². The lowest BCUT2D eigenvalue weighted by Gasteiger charge is -2.37. The van der Waals surface area contributed by atoms with Crippen LogP contribution in [0.5, 0.6) is 5.75 Å². The quantitative estimate of drug-likeness (QED) is 0.456. The largest absolute Gasteiger partial charge is 0.504 e. The number of aromatic nitrogens is 2. The Balaban J connectivity index is 1.70. The van der Waals surface area contributed by atoms with Crippen LogP contribution in [-0.4, -0.2) is 40.0 Å². The number of aromatic hydroxyl groups is 1. The minimum atomic E-state index is -0.680. The summed E-state index contributed by atoms with van der Waals surface area (Å²) in [5.41, 5.74) is 0.854. The summed E-state index contributed by atoms with van der Waals surface area (Å²) in [6, 6.07) is 3.20. The molecule has 0 saturated heterocycles. The molecule has 1 saturated carbocycles. The summed E-state index contributed by atoms with van der Waals surface area (Å²) in [5, 5.41) is 16.8. The van der Waals surface area contributed by atoms with Gasteiger partial charge in [0.2, 0.25) is 0 Å². The van der Waals surface area contributed by atoms with Crippen LogP contribution in [0, 0.1) is 12.3 Å². The van der Waals surface area contributed by atoms with E-state index < -0.39 is 16.8 Å². The van der Waals surface area contributed by atoms with Crippen LogP contribution in [-0.2, 0) is 0 Å². The van der Waals surface area contributed by atoms with E-state index in [2.05, 4.69) is 27.5 Å². The fourth-order valence-electron chi connectivity index (χ4n) is 4.76. The third-order valence-corrected chi connectivity index (χ3v) is 6.81. The first-order valence-electron chi connectivity index (χ1n) is 11.3. The maximum Gasteiger partial charge on any atom is 0.275 e. The van der Waals surface area contributed by atoms with E-state index in [9.17, 15) is 19.5 Å². The molecule has 4 rings (SSSR count). The van der Waals surface area contributed by atoms with Gasteiger partial charge < -0.3 is 20.6 Å². The molecule has 2 heterocycles. The molecule has 1 atom stereocenters. The highest BCUT2D eigenvalue weighted by Gasteiger charge is 2.40. The van der Waals surface area contributed by atoms with Gasteiger partial charge in [0.05, 0.1) is 11.7 Å². The van der Waals surface area contributed by atoms with Crippen LogP contribution >= 0.6 is 0 Å². The summed E-state index contributed by atoms with van der Waals surface area (Å²) in [4.78, 5) is 46.9. The van der Waals surface area contributed by atoms with Gasteiger partial charge in [0.1, 0.15) is 11.4 Å². The van der Waals surface area contributed by atoms with E-state index in [1.165, 1.54) is 17.2 Å². The molecule has 178 valence electrons. The lowest BCUT2D eigenvalue weighted by molar-refractivity contribution is 0.0819. The van der Waals surface area contributed by atoms with Gasteiger partial charge in [-0.3, -0.25) is 19.4 Å². The lowest BCUT2D eigenvalue weighted by atomic mass is 9.76. The monoisotopic (exact) mass is 463 g/mol. The molecule has 2 aromatic heterocycles. The predicted octanol–water partition coefficient (Wildman–Crippen LogP) is 3.27. The number of carbonyl (C=O) groups is 1. The van der Waals surface area contributed by atoms with E-state index in [4.69, 9.17) is 0 Å². The highest BCUT2D eigenvalue weighted by molar-refractivity contribution is 5.97. The van der Waals surface area contributed by atoms with E-state index in [-0.39, 0.29) is 40.0 Å². The second-order valence-electron chi connectivity index (χ2n) is 9.46. The Labute approximate surface area is 197 Å². The zero-order chi connectivity index (χ0) is 24.6. The number of rotatable bonds is 7. The van der Waals surface area contributed by atoms with Crippen LogP contribution < -0.4 is 21.5 Å². The zero-order valence-corrected chi connectivity index (χ0v) is 19.8. The molecule has 1 aromatic carbocycles. The summed E-state index contributed by atoms with van der Waals surface area (Å²) < 4.78 is 0. The molecule has 1 aliphatic carbocycles. The smallest absolute Gasteiger partial charge is 0.275 e. The highest BCUT2D eigenvalue weighted by Crippen LogP contribution is 2.49. The summed E-state index contributed by atoms with van der Waals surface area (Å²) in [7, 11) is 3.10. The summed E-state index contributed by atoms with van der Waals surface area (Å²) in [6.45, 7) is 4.18. The molecule has 0 radical (unpaired) electrons. The van der Waals surface area contributed by atoms with Crippen molar-refractivity contribution in [2.75, 3.05) is 24.7 Å². The van der Waals surface area contributed by atoms with Crippen molar-refractivity contribution < 1.29 is 9.90 Å². The Bertz CT molecular complexity index is 1300. The van der Waals surface area contributed by atoms with Crippen molar-refractivity contribution in [1.29, 1.82) is 0 Å². The lowest BCUT2D eigenvalue weighted by Crippen LogP contribution is -2.40. The molecule has 1 fully saturated rings. The van der Waals surface area contributed by atoms with Crippen molar-refractivity contribution >= 4 is 23.0 Å². The molecule has 1 aliphatic rings. The molecule has 3 N–H and O–H groups in total. The Morgan fingerprint density at radius 1 is 1.12 bits per heavy atom. The van der Waals surface area contributed by atoms with Crippen LogP contribution in [0.2, 0.25) is 0 Å². The Morgan fingerprint density at radius 2 is 1.79 bits per heavy atom. The number of anilines is 3. The van der Waals surface area contributed by atoms with E-state index in [0.717, 1.165) is 36.8 Å². The normalized spacial score (nSPS) is 15.8. The maximum atomic E-state index is 12.6. The van der Waals surface area contributed by atoms with Gasteiger partial charge in [0.25, 0.3) is 16.8 Å². The van der Waals surface area contributed by atoms with Crippen LogP contribution in [0.3, 0.4) is 0 Å². The molecular formula is C25H29N5O4. The average molecular weight is 464 g/mol. The number of nitrogens with one attached hydrogen (secondary N) is 2. The van der Waals surface area contributed by atoms with Crippen molar-refractivity contribution in [1.82, 2.24) is 14.9 Å².